The van der Waals surface area contributed by atoms with Gasteiger partial charge >= 0.3 is 22.7 Å². The number of phenols is 2. The van der Waals surface area contributed by atoms with Gasteiger partial charge in [-0.05, 0) is 13.0 Å². The van der Waals surface area contributed by atoms with Gasteiger partial charge in [-0.3, -0.25) is 60.7 Å². The molecule has 0 aliphatic carbocycles. The van der Waals surface area contributed by atoms with Gasteiger partial charge in [0.25, 0.3) is 22.9 Å². The quantitative estimate of drug-likeness (QED) is 0.207. The minimum Gasteiger partial charge on any atom is -0.497 e. The number of benzene rings is 2. The Kier molecular flexibility index (Phi) is 11.6. The molecule has 2 aromatic carbocycles. The molecule has 41 heavy (non-hydrogen) atoms. The number of aryl methyl sites for hydroxylation is 1. The molecule has 0 bridgehead atoms. The number of nitro groups is 6. The van der Waals surface area contributed by atoms with Crippen LogP contribution < -0.4 is 5.73 Å². The number of non-ortho nitro benzene ring substituents is 2. The van der Waals surface area contributed by atoms with Crippen molar-refractivity contribution in [2.75, 3.05) is 6.54 Å². The Balaban J connectivity index is 0.000000320. The third kappa shape index (κ3) is 9.14. The number of nitrogens with zero attached hydrogens (tertiary/aromatic N) is 7. The molecule has 0 saturated heterocycles. The van der Waals surface area contributed by atoms with E-state index in [2.05, 4.69) is 9.97 Å². The van der Waals surface area contributed by atoms with Crippen LogP contribution in [0.15, 0.2) is 36.7 Å². The van der Waals surface area contributed by atoms with E-state index < -0.39 is 75.2 Å². The number of H-pyrrole nitrogens is 1. The lowest BCUT2D eigenvalue weighted by Crippen LogP contribution is -2.00. The molecule has 5 N–H and O–H groups in total. The number of hydrogen-bond acceptors (Lipinski definition) is 16. The summed E-state index contributed by atoms with van der Waals surface area (Å²) in [5, 5.41) is 80.4. The van der Waals surface area contributed by atoms with Gasteiger partial charge in [-0.25, -0.2) is 4.98 Å². The van der Waals surface area contributed by atoms with Gasteiger partial charge in [0.05, 0.1) is 53.8 Å². The summed E-state index contributed by atoms with van der Waals surface area (Å²) in [6, 6.07) is 1.79. The van der Waals surface area contributed by atoms with Crippen molar-refractivity contribution < 1.29 is 39.8 Å². The molecule has 23 heteroatoms. The normalized spacial score (nSPS) is 9.78. The summed E-state index contributed by atoms with van der Waals surface area (Å²) >= 11 is 0. The average molecular weight is 583 g/mol. The second kappa shape index (κ2) is 14.5. The van der Waals surface area contributed by atoms with Crippen LogP contribution in [-0.2, 0) is 6.42 Å². The van der Waals surface area contributed by atoms with E-state index in [1.165, 1.54) is 0 Å². The third-order valence-electron chi connectivity index (χ3n) is 4.49. The van der Waals surface area contributed by atoms with Crippen LogP contribution in [0.25, 0.3) is 0 Å². The highest BCUT2D eigenvalue weighted by atomic mass is 16.7. The van der Waals surface area contributed by atoms with Gasteiger partial charge in [-0.1, -0.05) is 0 Å². The zero-order valence-corrected chi connectivity index (χ0v) is 20.1. The fourth-order valence-corrected chi connectivity index (χ4v) is 2.65. The number of aromatic hydroxyl groups is 2. The summed E-state index contributed by atoms with van der Waals surface area (Å²) in [7, 11) is 0. The maximum atomic E-state index is 10.4. The summed E-state index contributed by atoms with van der Waals surface area (Å²) < 4.78 is 0. The summed E-state index contributed by atoms with van der Waals surface area (Å²) in [6.07, 6.45) is 5.55. The monoisotopic (exact) mass is 583 g/mol. The molecule has 3 aromatic rings. The summed E-state index contributed by atoms with van der Waals surface area (Å²) in [5.74, 6) is -1.39. The van der Waals surface area contributed by atoms with Crippen molar-refractivity contribution in [3.8, 4) is 11.5 Å². The van der Waals surface area contributed by atoms with E-state index in [1.807, 2.05) is 6.20 Å². The summed E-state index contributed by atoms with van der Waals surface area (Å²) in [6.45, 7) is 0.737. The summed E-state index contributed by atoms with van der Waals surface area (Å²) in [4.78, 5) is 62.6. The molecule has 0 fully saturated rings. The van der Waals surface area contributed by atoms with Gasteiger partial charge in [0.15, 0.2) is 0 Å². The second-order valence-corrected chi connectivity index (χ2v) is 7.14. The molecular weight excluding hydrogens is 566 g/mol. The van der Waals surface area contributed by atoms with Crippen LogP contribution in [0.2, 0.25) is 0 Å². The van der Waals surface area contributed by atoms with Gasteiger partial charge in [0, 0.05) is 18.8 Å². The molecule has 0 amide bonds. The van der Waals surface area contributed by atoms with Crippen molar-refractivity contribution in [1.29, 1.82) is 0 Å². The van der Waals surface area contributed by atoms with Crippen molar-refractivity contribution in [2.45, 2.75) is 12.8 Å². The Morgan fingerprint density at radius 2 is 1.00 bits per heavy atom. The van der Waals surface area contributed by atoms with Crippen molar-refractivity contribution in [3.05, 3.63) is 103 Å². The zero-order chi connectivity index (χ0) is 31.4. The van der Waals surface area contributed by atoms with Gasteiger partial charge in [-0.2, -0.15) is 0 Å². The van der Waals surface area contributed by atoms with Crippen LogP contribution in [0.4, 0.5) is 34.1 Å². The first-order chi connectivity index (χ1) is 19.1. The standard InChI is InChI=1S/2C6H3N3O7.C6H11N3/c2*10-6-4(8(13)14)1-3(7(11)12)2-5(6)9(15)16;7-3-1-2-6-8-4-5-9-6/h2*1-2,10H;4-5H,1-3,7H2,(H,8,9). The number of rotatable bonds is 9. The Morgan fingerprint density at radius 3 is 1.22 bits per heavy atom. The van der Waals surface area contributed by atoms with Crippen LogP contribution in [0.3, 0.4) is 0 Å². The SMILES string of the molecule is NCCCc1ncc[nH]1.O=[N+]([O-])c1cc([N+](=O)[O-])c(O)c([N+](=O)[O-])c1.O=[N+]([O-])c1cc([N+](=O)[O-])c(O)c([N+](=O)[O-])c1. The van der Waals surface area contributed by atoms with Gasteiger partial charge < -0.3 is 20.9 Å². The Bertz CT molecular complexity index is 1310. The number of nitrogens with two attached hydrogens (primary N) is 1. The predicted octanol–water partition coefficient (Wildman–Crippen LogP) is 2.53. The number of nitro benzene ring substituents is 6. The molecule has 0 atom stereocenters. The van der Waals surface area contributed by atoms with E-state index in [-0.39, 0.29) is 0 Å². The van der Waals surface area contributed by atoms with Crippen molar-refractivity contribution in [2.24, 2.45) is 5.73 Å². The van der Waals surface area contributed by atoms with Crippen molar-refractivity contribution >= 4 is 34.1 Å². The molecule has 0 radical (unpaired) electrons. The number of imidazole rings is 1. The third-order valence-corrected chi connectivity index (χ3v) is 4.49. The largest absolute Gasteiger partial charge is 0.497 e. The van der Waals surface area contributed by atoms with Crippen LogP contribution >= 0.6 is 0 Å². The highest BCUT2D eigenvalue weighted by molar-refractivity contribution is 5.65. The van der Waals surface area contributed by atoms with Gasteiger partial charge in [-0.15, -0.1) is 0 Å². The van der Waals surface area contributed by atoms with E-state index in [1.54, 1.807) is 6.20 Å². The molecule has 1 heterocycles. The van der Waals surface area contributed by atoms with E-state index in [0.717, 1.165) is 25.2 Å². The molecular formula is C18H17N9O14. The van der Waals surface area contributed by atoms with Gasteiger partial charge in [0.1, 0.15) is 5.82 Å². The van der Waals surface area contributed by atoms with E-state index in [4.69, 9.17) is 15.9 Å². The number of aromatic amines is 1. The topological polar surface area (TPSA) is 354 Å². The lowest BCUT2D eigenvalue weighted by molar-refractivity contribution is -0.404. The fraction of sp³-hybridized carbons (Fsp3) is 0.167. The average Bonchev–Trinajstić information content (AvgIpc) is 3.41. The smallest absolute Gasteiger partial charge is 0.324 e. The molecule has 23 nitrogen and oxygen atoms in total. The Labute approximate surface area is 224 Å². The highest BCUT2D eigenvalue weighted by Gasteiger charge is 2.31. The van der Waals surface area contributed by atoms with Crippen molar-refractivity contribution in [1.82, 2.24) is 9.97 Å². The molecule has 3 rings (SSSR count). The first-order valence-electron chi connectivity index (χ1n) is 10.4. The molecule has 1 aromatic heterocycles. The molecule has 0 unspecified atom stereocenters. The fourth-order valence-electron chi connectivity index (χ4n) is 2.65. The number of hydrogen-bond donors (Lipinski definition) is 4. The Hall–Kier alpha value is -6.39. The maximum Gasteiger partial charge on any atom is 0.324 e. The van der Waals surface area contributed by atoms with Crippen LogP contribution in [-0.4, -0.2) is 56.3 Å². The number of aromatic nitrogens is 2. The summed E-state index contributed by atoms with van der Waals surface area (Å²) in [5.41, 5.74) is -0.700. The maximum absolute atomic E-state index is 10.4. The highest BCUT2D eigenvalue weighted by Crippen LogP contribution is 2.40. The molecule has 0 aliphatic heterocycles. The van der Waals surface area contributed by atoms with E-state index in [0.29, 0.717) is 24.3 Å². The number of nitrogens with one attached hydrogen (secondary N) is 1. The lowest BCUT2D eigenvalue weighted by atomic mass is 10.2. The second-order valence-electron chi connectivity index (χ2n) is 7.14. The lowest BCUT2D eigenvalue weighted by Gasteiger charge is -1.97. The van der Waals surface area contributed by atoms with Crippen LogP contribution in [0.5, 0.6) is 11.5 Å². The first kappa shape index (κ1) is 32.6. The van der Waals surface area contributed by atoms with E-state index >= 15 is 0 Å². The van der Waals surface area contributed by atoms with E-state index in [9.17, 15) is 60.7 Å². The first-order valence-corrected chi connectivity index (χ1v) is 10.4. The predicted molar refractivity (Wildman–Crippen MR) is 132 cm³/mol. The Morgan fingerprint density at radius 1 is 0.659 bits per heavy atom. The number of phenolic OH excluding ortho intramolecular Hbond substituents is 2. The zero-order valence-electron chi connectivity index (χ0n) is 20.1. The molecule has 0 aliphatic rings. The van der Waals surface area contributed by atoms with Crippen LogP contribution in [0, 0.1) is 60.7 Å². The van der Waals surface area contributed by atoms with Crippen molar-refractivity contribution in [3.63, 3.8) is 0 Å². The minimum absolute atomic E-state index is 0.447. The molecule has 0 spiro atoms. The molecule has 0 saturated carbocycles. The minimum atomic E-state index is -1.21. The molecule has 218 valence electrons. The van der Waals surface area contributed by atoms with Crippen LogP contribution in [0.1, 0.15) is 12.2 Å². The van der Waals surface area contributed by atoms with Gasteiger partial charge in [0.2, 0.25) is 0 Å².